The first kappa shape index (κ1) is 14.9. The van der Waals surface area contributed by atoms with Gasteiger partial charge < -0.3 is 10.1 Å². The Balaban J connectivity index is 1.79. The number of carbonyl (C=O) groups excluding carboxylic acids is 1. The van der Waals surface area contributed by atoms with Gasteiger partial charge in [0.25, 0.3) is 5.91 Å². The van der Waals surface area contributed by atoms with Gasteiger partial charge in [-0.15, -0.1) is 5.10 Å². The van der Waals surface area contributed by atoms with Gasteiger partial charge in [0, 0.05) is 7.11 Å². The molecule has 0 atom stereocenters. The number of rotatable bonds is 5. The molecule has 1 amide bonds. The van der Waals surface area contributed by atoms with Crippen molar-refractivity contribution < 1.29 is 13.9 Å². The van der Waals surface area contributed by atoms with Gasteiger partial charge in [-0.05, 0) is 25.0 Å². The number of nitrogens with one attached hydrogen (secondary N) is 1. The number of benzene rings is 1. The SMILES string of the molecule is COCC1(NC(=O)c2cn(-c3cccc(Cl)c3F)nn2)CC1. The van der Waals surface area contributed by atoms with E-state index in [-0.39, 0.29) is 27.9 Å². The highest BCUT2D eigenvalue weighted by atomic mass is 35.5. The number of amides is 1. The molecule has 0 aliphatic heterocycles. The molecule has 1 aliphatic carbocycles. The minimum Gasteiger partial charge on any atom is -0.382 e. The summed E-state index contributed by atoms with van der Waals surface area (Å²) in [6.45, 7) is 0.454. The molecule has 3 rings (SSSR count). The van der Waals surface area contributed by atoms with Gasteiger partial charge in [-0.1, -0.05) is 22.9 Å². The van der Waals surface area contributed by atoms with Crippen molar-refractivity contribution in [2.75, 3.05) is 13.7 Å². The third kappa shape index (κ3) is 2.82. The van der Waals surface area contributed by atoms with Crippen molar-refractivity contribution in [3.05, 3.63) is 40.9 Å². The minimum absolute atomic E-state index is 0.0176. The lowest BCUT2D eigenvalue weighted by Crippen LogP contribution is -2.40. The molecule has 0 radical (unpaired) electrons. The fraction of sp³-hybridized carbons (Fsp3) is 0.357. The Kier molecular flexibility index (Phi) is 3.84. The van der Waals surface area contributed by atoms with E-state index in [1.54, 1.807) is 13.2 Å². The number of aromatic nitrogens is 3. The Bertz CT molecular complexity index is 715. The molecule has 1 aromatic heterocycles. The second-order valence-electron chi connectivity index (χ2n) is 5.29. The highest BCUT2D eigenvalue weighted by Crippen LogP contribution is 2.35. The van der Waals surface area contributed by atoms with Gasteiger partial charge in [-0.3, -0.25) is 4.79 Å². The van der Waals surface area contributed by atoms with E-state index in [1.165, 1.54) is 23.0 Å². The second-order valence-corrected chi connectivity index (χ2v) is 5.70. The number of hydrogen-bond donors (Lipinski definition) is 1. The number of hydrogen-bond acceptors (Lipinski definition) is 4. The molecule has 22 heavy (non-hydrogen) atoms. The van der Waals surface area contributed by atoms with Gasteiger partial charge in [0.1, 0.15) is 5.69 Å². The monoisotopic (exact) mass is 324 g/mol. The Hall–Kier alpha value is -1.99. The van der Waals surface area contributed by atoms with Crippen molar-refractivity contribution in [1.29, 1.82) is 0 Å². The minimum atomic E-state index is -0.612. The van der Waals surface area contributed by atoms with Crippen LogP contribution in [0.5, 0.6) is 0 Å². The molecule has 1 fully saturated rings. The van der Waals surface area contributed by atoms with Crippen molar-refractivity contribution >= 4 is 17.5 Å². The maximum absolute atomic E-state index is 13.9. The van der Waals surface area contributed by atoms with E-state index in [0.717, 1.165) is 12.8 Å². The van der Waals surface area contributed by atoms with Crippen LogP contribution in [0.15, 0.2) is 24.4 Å². The lowest BCUT2D eigenvalue weighted by molar-refractivity contribution is 0.0877. The first-order valence-corrected chi connectivity index (χ1v) is 7.11. The smallest absolute Gasteiger partial charge is 0.273 e. The molecule has 0 spiro atoms. The van der Waals surface area contributed by atoms with E-state index < -0.39 is 5.82 Å². The summed E-state index contributed by atoms with van der Waals surface area (Å²) in [5.74, 6) is -0.970. The van der Waals surface area contributed by atoms with E-state index in [9.17, 15) is 9.18 Å². The maximum Gasteiger partial charge on any atom is 0.273 e. The van der Waals surface area contributed by atoms with Crippen LogP contribution in [0.1, 0.15) is 23.3 Å². The lowest BCUT2D eigenvalue weighted by Gasteiger charge is -2.14. The fourth-order valence-corrected chi connectivity index (χ4v) is 2.36. The third-order valence-electron chi connectivity index (χ3n) is 3.56. The summed E-state index contributed by atoms with van der Waals surface area (Å²) in [7, 11) is 1.59. The van der Waals surface area contributed by atoms with Gasteiger partial charge >= 0.3 is 0 Å². The van der Waals surface area contributed by atoms with E-state index in [1.807, 2.05) is 0 Å². The molecule has 0 unspecified atom stereocenters. The number of nitrogens with zero attached hydrogens (tertiary/aromatic N) is 3. The Morgan fingerprint density at radius 3 is 3.00 bits per heavy atom. The molecule has 8 heteroatoms. The molecular weight excluding hydrogens is 311 g/mol. The Morgan fingerprint density at radius 2 is 2.32 bits per heavy atom. The summed E-state index contributed by atoms with van der Waals surface area (Å²) in [5.41, 5.74) is -0.0597. The zero-order chi connectivity index (χ0) is 15.7. The molecule has 0 saturated heterocycles. The van der Waals surface area contributed by atoms with E-state index >= 15 is 0 Å². The van der Waals surface area contributed by atoms with Crippen molar-refractivity contribution in [1.82, 2.24) is 20.3 Å². The number of methoxy groups -OCH3 is 1. The predicted octanol–water partition coefficient (Wildman–Crippen LogP) is 1.97. The van der Waals surface area contributed by atoms with Gasteiger partial charge in [0.2, 0.25) is 0 Å². The quantitative estimate of drug-likeness (QED) is 0.913. The van der Waals surface area contributed by atoms with Gasteiger partial charge in [-0.2, -0.15) is 0 Å². The molecular formula is C14H14ClFN4O2. The zero-order valence-electron chi connectivity index (χ0n) is 11.8. The number of carbonyl (C=O) groups is 1. The summed E-state index contributed by atoms with van der Waals surface area (Å²) in [4.78, 5) is 12.2. The predicted molar refractivity (Wildman–Crippen MR) is 77.6 cm³/mol. The van der Waals surface area contributed by atoms with Gasteiger partial charge in [0.05, 0.1) is 23.4 Å². The van der Waals surface area contributed by atoms with Crippen LogP contribution in [-0.4, -0.2) is 40.2 Å². The average molecular weight is 325 g/mol. The molecule has 1 saturated carbocycles. The van der Waals surface area contributed by atoms with Crippen LogP contribution in [0.25, 0.3) is 5.69 Å². The van der Waals surface area contributed by atoms with E-state index in [4.69, 9.17) is 16.3 Å². The van der Waals surface area contributed by atoms with Gasteiger partial charge in [0.15, 0.2) is 11.5 Å². The largest absolute Gasteiger partial charge is 0.382 e. The molecule has 0 bridgehead atoms. The average Bonchev–Trinajstić information content (AvgIpc) is 3.06. The molecule has 6 nitrogen and oxygen atoms in total. The van der Waals surface area contributed by atoms with E-state index in [2.05, 4.69) is 15.6 Å². The highest BCUT2D eigenvalue weighted by molar-refractivity contribution is 6.30. The lowest BCUT2D eigenvalue weighted by atomic mass is 10.2. The number of ether oxygens (including phenoxy) is 1. The zero-order valence-corrected chi connectivity index (χ0v) is 12.6. The van der Waals surface area contributed by atoms with Crippen LogP contribution < -0.4 is 5.32 Å². The van der Waals surface area contributed by atoms with Crippen LogP contribution in [0.4, 0.5) is 4.39 Å². The second kappa shape index (κ2) is 5.66. The van der Waals surface area contributed by atoms with Gasteiger partial charge in [-0.25, -0.2) is 9.07 Å². The standard InChI is InChI=1S/C14H14ClFN4O2/c1-22-8-14(5-6-14)17-13(21)10-7-20(19-18-10)11-4-2-3-9(15)12(11)16/h2-4,7H,5-6,8H2,1H3,(H,17,21). The number of halogens is 2. The van der Waals surface area contributed by atoms with Crippen LogP contribution in [0.2, 0.25) is 5.02 Å². The van der Waals surface area contributed by atoms with Crippen molar-refractivity contribution in [3.8, 4) is 5.69 Å². The van der Waals surface area contributed by atoms with Crippen molar-refractivity contribution in [2.45, 2.75) is 18.4 Å². The summed E-state index contributed by atoms with van der Waals surface area (Å²) in [6.07, 6.45) is 3.10. The molecule has 1 aromatic carbocycles. The Morgan fingerprint density at radius 1 is 1.55 bits per heavy atom. The van der Waals surface area contributed by atoms with Crippen LogP contribution >= 0.6 is 11.6 Å². The van der Waals surface area contributed by atoms with Crippen molar-refractivity contribution in [3.63, 3.8) is 0 Å². The molecule has 1 N–H and O–H groups in total. The summed E-state index contributed by atoms with van der Waals surface area (Å²) < 4.78 is 20.2. The first-order valence-electron chi connectivity index (χ1n) is 6.73. The third-order valence-corrected chi connectivity index (χ3v) is 3.85. The molecule has 116 valence electrons. The first-order chi connectivity index (χ1) is 10.5. The van der Waals surface area contributed by atoms with Crippen molar-refractivity contribution in [2.24, 2.45) is 0 Å². The fourth-order valence-electron chi connectivity index (χ4n) is 2.19. The normalized spacial score (nSPS) is 15.6. The molecule has 1 heterocycles. The van der Waals surface area contributed by atoms with Crippen LogP contribution in [-0.2, 0) is 4.74 Å². The Labute approximate surface area is 131 Å². The van der Waals surface area contributed by atoms with E-state index in [0.29, 0.717) is 6.61 Å². The summed E-state index contributed by atoms with van der Waals surface area (Å²) in [5, 5.41) is 10.4. The molecule has 1 aliphatic rings. The molecule has 2 aromatic rings. The highest BCUT2D eigenvalue weighted by Gasteiger charge is 2.44. The van der Waals surface area contributed by atoms with Crippen LogP contribution in [0.3, 0.4) is 0 Å². The topological polar surface area (TPSA) is 69.0 Å². The maximum atomic E-state index is 13.9. The summed E-state index contributed by atoms with van der Waals surface area (Å²) >= 11 is 5.73. The van der Waals surface area contributed by atoms with Crippen LogP contribution in [0, 0.1) is 5.82 Å². The summed E-state index contributed by atoms with van der Waals surface area (Å²) in [6, 6.07) is 4.54.